The lowest BCUT2D eigenvalue weighted by atomic mass is 9.47. The van der Waals surface area contributed by atoms with Crippen molar-refractivity contribution in [3.8, 4) is 0 Å². The molecule has 1 saturated heterocycles. The predicted molar refractivity (Wildman–Crippen MR) is 184 cm³/mol. The van der Waals surface area contributed by atoms with Crippen LogP contribution in [0.25, 0.3) is 0 Å². The summed E-state index contributed by atoms with van der Waals surface area (Å²) in [4.78, 5) is 5.16. The van der Waals surface area contributed by atoms with Crippen molar-refractivity contribution in [2.45, 2.75) is 103 Å². The Kier molecular flexibility index (Phi) is 18.0. The van der Waals surface area contributed by atoms with Gasteiger partial charge in [0.1, 0.15) is 0 Å². The Morgan fingerprint density at radius 2 is 1.86 bits per heavy atom. The second-order valence-electron chi connectivity index (χ2n) is 12.8. The van der Waals surface area contributed by atoms with E-state index >= 15 is 0 Å². The van der Waals surface area contributed by atoms with Crippen LogP contribution in [-0.4, -0.2) is 56.7 Å². The normalized spacial score (nSPS) is 34.4. The van der Waals surface area contributed by atoms with E-state index in [1.165, 1.54) is 96.3 Å². The Labute approximate surface area is 266 Å². The Morgan fingerprint density at radius 1 is 1.16 bits per heavy atom. The number of nitrogens with two attached hydrogens (primary N) is 1. The number of thioether (sulfide) groups is 1. The van der Waals surface area contributed by atoms with Crippen LogP contribution in [0.5, 0.6) is 0 Å². The lowest BCUT2D eigenvalue weighted by Crippen LogP contribution is -2.50. The highest BCUT2D eigenvalue weighted by Gasteiger charge is 2.58. The van der Waals surface area contributed by atoms with Crippen LogP contribution >= 0.6 is 11.8 Å². The third-order valence-electron chi connectivity index (χ3n) is 10.5. The molecular formula is C35H63F3N4S. The van der Waals surface area contributed by atoms with Crippen LogP contribution < -0.4 is 16.4 Å². The summed E-state index contributed by atoms with van der Waals surface area (Å²) in [6, 6.07) is 0. The summed E-state index contributed by atoms with van der Waals surface area (Å²) >= 11 is 2.09. The van der Waals surface area contributed by atoms with Crippen molar-refractivity contribution < 1.29 is 13.2 Å². The molecule has 0 bridgehead atoms. The molecule has 1 aliphatic heterocycles. The van der Waals surface area contributed by atoms with Crippen LogP contribution in [0, 0.1) is 34.5 Å². The number of aliphatic imine (C=N–C) groups is 1. The van der Waals surface area contributed by atoms with Gasteiger partial charge in [0.2, 0.25) is 0 Å². The maximum atomic E-state index is 11.0. The third-order valence-corrected chi connectivity index (χ3v) is 11.7. The molecule has 4 N–H and O–H groups in total. The van der Waals surface area contributed by atoms with Gasteiger partial charge in [0.25, 0.3) is 0 Å². The number of rotatable bonds is 9. The summed E-state index contributed by atoms with van der Waals surface area (Å²) in [7, 11) is 2.76. The first kappa shape index (κ1) is 39.9. The van der Waals surface area contributed by atoms with Gasteiger partial charge < -0.3 is 16.4 Å². The molecule has 7 atom stereocenters. The van der Waals surface area contributed by atoms with E-state index in [0.29, 0.717) is 16.2 Å². The van der Waals surface area contributed by atoms with Crippen molar-refractivity contribution in [3.05, 3.63) is 37.5 Å². The molecule has 250 valence electrons. The zero-order valence-electron chi connectivity index (χ0n) is 28.1. The topological polar surface area (TPSA) is 62.4 Å². The first-order valence-electron chi connectivity index (χ1n) is 16.5. The van der Waals surface area contributed by atoms with E-state index in [0.717, 1.165) is 30.2 Å². The molecule has 0 aromatic heterocycles. The molecule has 7 unspecified atom stereocenters. The molecule has 3 saturated carbocycles. The number of hydrogen-bond acceptors (Lipinski definition) is 5. The molecule has 43 heavy (non-hydrogen) atoms. The minimum Gasteiger partial charge on any atom is -0.333 e. The Balaban J connectivity index is 0.000000730. The quantitative estimate of drug-likeness (QED) is 0.136. The second kappa shape index (κ2) is 19.4. The van der Waals surface area contributed by atoms with Crippen LogP contribution in [0.3, 0.4) is 0 Å². The fourth-order valence-electron chi connectivity index (χ4n) is 8.80. The van der Waals surface area contributed by atoms with E-state index in [1.807, 2.05) is 11.4 Å². The summed E-state index contributed by atoms with van der Waals surface area (Å²) in [5.74, 6) is 4.68. The Morgan fingerprint density at radius 3 is 2.40 bits per heavy atom. The Bertz CT molecular complexity index is 870. The van der Waals surface area contributed by atoms with Gasteiger partial charge in [-0.15, -0.1) is 24.9 Å². The number of allylic oxidation sites excluding steroid dienone is 3. The molecule has 4 rings (SSSR count). The van der Waals surface area contributed by atoms with E-state index in [-0.39, 0.29) is 0 Å². The molecule has 0 spiro atoms. The van der Waals surface area contributed by atoms with E-state index < -0.39 is 12.7 Å². The number of nitrogens with one attached hydrogen (secondary N) is 2. The van der Waals surface area contributed by atoms with Gasteiger partial charge in [0, 0.05) is 30.5 Å². The first-order chi connectivity index (χ1) is 20.5. The van der Waals surface area contributed by atoms with Gasteiger partial charge >= 0.3 is 6.18 Å². The SMILES string of the molecule is C=C.C=C/C=C1/CCC2C(CCC3(C)C(C(C)=NCCCC4NCCS4)CCC23)C1(C)CCC.CN.CNCC(F)(F)F. The molecule has 1 heterocycles. The first-order valence-corrected chi connectivity index (χ1v) is 17.5. The fraction of sp³-hybridized carbons (Fsp3) is 0.800. The van der Waals surface area contributed by atoms with Crippen molar-refractivity contribution in [2.24, 2.45) is 45.2 Å². The van der Waals surface area contributed by atoms with E-state index in [2.05, 4.69) is 76.3 Å². The number of nitrogens with zero attached hydrogens (tertiary/aromatic N) is 1. The lowest BCUT2D eigenvalue weighted by Gasteiger charge is -2.57. The van der Waals surface area contributed by atoms with E-state index in [4.69, 9.17) is 4.99 Å². The maximum Gasteiger partial charge on any atom is 0.401 e. The molecule has 4 aliphatic rings. The molecule has 8 heteroatoms. The smallest absolute Gasteiger partial charge is 0.333 e. The molecule has 4 nitrogen and oxygen atoms in total. The average molecular weight is 629 g/mol. The predicted octanol–water partition coefficient (Wildman–Crippen LogP) is 8.81. The summed E-state index contributed by atoms with van der Waals surface area (Å²) in [6.45, 7) is 21.3. The lowest BCUT2D eigenvalue weighted by molar-refractivity contribution is -0.123. The van der Waals surface area contributed by atoms with Gasteiger partial charge in [0.05, 0.1) is 11.9 Å². The number of halogens is 3. The molecule has 0 aromatic rings. The average Bonchev–Trinajstić information content (AvgIpc) is 3.62. The van der Waals surface area contributed by atoms with Crippen molar-refractivity contribution >= 4 is 17.5 Å². The van der Waals surface area contributed by atoms with Crippen molar-refractivity contribution in [1.29, 1.82) is 0 Å². The zero-order chi connectivity index (χ0) is 32.7. The number of hydrogen-bond donors (Lipinski definition) is 3. The van der Waals surface area contributed by atoms with Crippen molar-refractivity contribution in [1.82, 2.24) is 10.6 Å². The van der Waals surface area contributed by atoms with Crippen molar-refractivity contribution in [2.75, 3.05) is 39.5 Å². The van der Waals surface area contributed by atoms with Crippen LogP contribution in [0.2, 0.25) is 0 Å². The standard InChI is InChI=1S/C29H48N2S.C3H6F3N.C2H4.CH5N/c1-6-9-22-11-12-23-25-14-13-24(21(3)30-18-8-10-27-31-19-20-32-27)29(25,5)17-15-26(23)28(22,4)16-7-2;1-7-2-3(4,5)6;2*1-2/h6,9,23-27,31H,1,7-8,10-20H2,2-5H3;7H,2H2,1H3;1-2H2;2H2,1H3/b22-9-,30-21?;;;. The number of alkyl halides is 3. The Hall–Kier alpha value is -1.09. The van der Waals surface area contributed by atoms with E-state index in [1.54, 1.807) is 5.57 Å². The summed E-state index contributed by atoms with van der Waals surface area (Å²) < 4.78 is 33.0. The highest BCUT2D eigenvalue weighted by atomic mass is 32.2. The highest BCUT2D eigenvalue weighted by Crippen LogP contribution is 2.66. The van der Waals surface area contributed by atoms with Gasteiger partial charge in [-0.2, -0.15) is 13.2 Å². The minimum absolute atomic E-state index is 0.390. The van der Waals surface area contributed by atoms with Crippen molar-refractivity contribution in [3.63, 3.8) is 0 Å². The van der Waals surface area contributed by atoms with Crippen LogP contribution in [0.15, 0.2) is 42.5 Å². The molecule has 3 aliphatic carbocycles. The number of fused-ring (bicyclic) bond motifs is 3. The van der Waals surface area contributed by atoms with Gasteiger partial charge in [0.15, 0.2) is 0 Å². The summed E-state index contributed by atoms with van der Waals surface area (Å²) in [5.41, 5.74) is 8.53. The maximum absolute atomic E-state index is 11.0. The monoisotopic (exact) mass is 628 g/mol. The molecular weight excluding hydrogens is 565 g/mol. The molecule has 0 aromatic carbocycles. The molecule has 4 fully saturated rings. The summed E-state index contributed by atoms with van der Waals surface area (Å²) in [6.07, 6.45) is 13.8. The van der Waals surface area contributed by atoms with Crippen LogP contribution in [-0.2, 0) is 0 Å². The zero-order valence-corrected chi connectivity index (χ0v) is 28.9. The second-order valence-corrected chi connectivity index (χ2v) is 14.1. The highest BCUT2D eigenvalue weighted by molar-refractivity contribution is 8.00. The van der Waals surface area contributed by atoms with Gasteiger partial charge in [-0.3, -0.25) is 4.99 Å². The van der Waals surface area contributed by atoms with E-state index in [9.17, 15) is 13.2 Å². The molecule has 0 amide bonds. The van der Waals surface area contributed by atoms with Gasteiger partial charge in [-0.05, 0) is 107 Å². The van der Waals surface area contributed by atoms with Gasteiger partial charge in [-0.25, -0.2) is 0 Å². The molecule has 0 radical (unpaired) electrons. The van der Waals surface area contributed by atoms with Crippen LogP contribution in [0.1, 0.15) is 91.9 Å². The summed E-state index contributed by atoms with van der Waals surface area (Å²) in [5, 5.41) is 6.26. The third kappa shape index (κ3) is 10.7. The largest absolute Gasteiger partial charge is 0.401 e. The van der Waals surface area contributed by atoms with Crippen LogP contribution in [0.4, 0.5) is 13.2 Å². The van der Waals surface area contributed by atoms with Gasteiger partial charge in [-0.1, -0.05) is 51.5 Å². The minimum atomic E-state index is -4.06. The fourth-order valence-corrected chi connectivity index (χ4v) is 9.89.